The molecule has 1 atom stereocenters. The van der Waals surface area contributed by atoms with Crippen LogP contribution in [0.4, 0.5) is 5.69 Å². The number of halogens is 1. The van der Waals surface area contributed by atoms with E-state index in [-0.39, 0.29) is 11.5 Å². The Balaban J connectivity index is 1.75. The second-order valence-electron chi connectivity index (χ2n) is 5.19. The van der Waals surface area contributed by atoms with Crippen molar-refractivity contribution in [2.75, 3.05) is 11.4 Å². The number of amides is 1. The molecule has 5 nitrogen and oxygen atoms in total. The van der Waals surface area contributed by atoms with Gasteiger partial charge in [-0.2, -0.15) is 0 Å². The van der Waals surface area contributed by atoms with E-state index in [9.17, 15) is 9.59 Å². The number of hydrogen-bond acceptors (Lipinski definition) is 3. The van der Waals surface area contributed by atoms with Crippen LogP contribution in [0.2, 0.25) is 5.02 Å². The molecule has 3 rings (SSSR count). The molecule has 0 spiro atoms. The largest absolute Gasteiger partial charge is 0.481 e. The number of carbonyl (C=O) groups excluding carboxylic acids is 1. The Hall–Kier alpha value is -2.53. The molecule has 1 unspecified atom stereocenters. The lowest BCUT2D eigenvalue weighted by Gasteiger charge is -2.17. The van der Waals surface area contributed by atoms with Crippen molar-refractivity contribution in [3.8, 4) is 5.75 Å². The number of benzene rings is 2. The van der Waals surface area contributed by atoms with Crippen LogP contribution in [-0.2, 0) is 4.79 Å². The molecule has 0 bridgehead atoms. The number of nitrogens with zero attached hydrogens (tertiary/aromatic N) is 1. The van der Waals surface area contributed by atoms with Gasteiger partial charge in [-0.15, -0.1) is 0 Å². The van der Waals surface area contributed by atoms with Gasteiger partial charge in [0.15, 0.2) is 6.10 Å². The SMILES string of the molecule is O=C(O)c1cccc(N2CCC(Oc3ccc(Cl)cc3)C2=O)c1. The molecule has 6 heteroatoms. The van der Waals surface area contributed by atoms with E-state index in [2.05, 4.69) is 0 Å². The second-order valence-corrected chi connectivity index (χ2v) is 5.63. The molecule has 0 aliphatic carbocycles. The summed E-state index contributed by atoms with van der Waals surface area (Å²) < 4.78 is 5.71. The van der Waals surface area contributed by atoms with Gasteiger partial charge in [-0.05, 0) is 42.5 Å². The van der Waals surface area contributed by atoms with Crippen molar-refractivity contribution in [2.24, 2.45) is 0 Å². The van der Waals surface area contributed by atoms with Crippen molar-refractivity contribution in [1.82, 2.24) is 0 Å². The Labute approximate surface area is 138 Å². The molecule has 1 aliphatic rings. The van der Waals surface area contributed by atoms with Crippen LogP contribution < -0.4 is 9.64 Å². The highest BCUT2D eigenvalue weighted by atomic mass is 35.5. The number of rotatable bonds is 4. The van der Waals surface area contributed by atoms with Crippen molar-refractivity contribution >= 4 is 29.2 Å². The summed E-state index contributed by atoms with van der Waals surface area (Å²) in [7, 11) is 0. The molecule has 1 saturated heterocycles. The summed E-state index contributed by atoms with van der Waals surface area (Å²) in [6.07, 6.45) is -0.0386. The Morgan fingerprint density at radius 3 is 2.65 bits per heavy atom. The minimum Gasteiger partial charge on any atom is -0.481 e. The van der Waals surface area contributed by atoms with Gasteiger partial charge in [0.1, 0.15) is 5.75 Å². The minimum atomic E-state index is -1.02. The van der Waals surface area contributed by atoms with Crippen molar-refractivity contribution in [1.29, 1.82) is 0 Å². The Kier molecular flexibility index (Phi) is 4.21. The molecule has 0 radical (unpaired) electrons. The first-order valence-electron chi connectivity index (χ1n) is 7.11. The second kappa shape index (κ2) is 6.30. The highest BCUT2D eigenvalue weighted by molar-refractivity contribution is 6.30. The van der Waals surface area contributed by atoms with Crippen LogP contribution in [0.15, 0.2) is 48.5 Å². The van der Waals surface area contributed by atoms with Crippen LogP contribution in [0.25, 0.3) is 0 Å². The van der Waals surface area contributed by atoms with Crippen LogP contribution in [0, 0.1) is 0 Å². The lowest BCUT2D eigenvalue weighted by molar-refractivity contribution is -0.122. The van der Waals surface area contributed by atoms with Gasteiger partial charge in [-0.1, -0.05) is 17.7 Å². The third kappa shape index (κ3) is 3.29. The number of carboxylic acid groups (broad SMARTS) is 1. The fourth-order valence-electron chi connectivity index (χ4n) is 2.50. The highest BCUT2D eigenvalue weighted by Gasteiger charge is 2.34. The zero-order chi connectivity index (χ0) is 16.4. The third-order valence-corrected chi connectivity index (χ3v) is 3.91. The number of aromatic carboxylic acids is 1. The molecule has 23 heavy (non-hydrogen) atoms. The van der Waals surface area contributed by atoms with Gasteiger partial charge in [0, 0.05) is 23.7 Å². The summed E-state index contributed by atoms with van der Waals surface area (Å²) in [5.74, 6) is -0.621. The van der Waals surface area contributed by atoms with E-state index >= 15 is 0 Å². The van der Waals surface area contributed by atoms with E-state index < -0.39 is 12.1 Å². The summed E-state index contributed by atoms with van der Waals surface area (Å²) in [5, 5.41) is 9.65. The van der Waals surface area contributed by atoms with Gasteiger partial charge in [0.05, 0.1) is 5.56 Å². The Morgan fingerprint density at radius 1 is 1.22 bits per heavy atom. The molecule has 1 heterocycles. The lowest BCUT2D eigenvalue weighted by atomic mass is 10.2. The molecule has 2 aromatic carbocycles. The van der Waals surface area contributed by atoms with Gasteiger partial charge in [0.2, 0.25) is 0 Å². The van der Waals surface area contributed by atoms with Gasteiger partial charge in [0.25, 0.3) is 5.91 Å². The highest BCUT2D eigenvalue weighted by Crippen LogP contribution is 2.26. The average molecular weight is 332 g/mol. The average Bonchev–Trinajstić information content (AvgIpc) is 2.91. The molecule has 1 N–H and O–H groups in total. The molecule has 1 fully saturated rings. The molecule has 1 amide bonds. The van der Waals surface area contributed by atoms with Crippen LogP contribution in [0.1, 0.15) is 16.8 Å². The van der Waals surface area contributed by atoms with E-state index in [4.69, 9.17) is 21.4 Å². The van der Waals surface area contributed by atoms with Gasteiger partial charge in [-0.3, -0.25) is 4.79 Å². The number of hydrogen-bond donors (Lipinski definition) is 1. The molecular weight excluding hydrogens is 318 g/mol. The number of anilines is 1. The molecule has 0 saturated carbocycles. The summed E-state index contributed by atoms with van der Waals surface area (Å²) in [4.78, 5) is 25.1. The third-order valence-electron chi connectivity index (χ3n) is 3.65. The number of carbonyl (C=O) groups is 2. The monoisotopic (exact) mass is 331 g/mol. The summed E-state index contributed by atoms with van der Waals surface area (Å²) in [6.45, 7) is 0.486. The fraction of sp³-hybridized carbons (Fsp3) is 0.176. The van der Waals surface area contributed by atoms with E-state index in [1.807, 2.05) is 0 Å². The Bertz CT molecular complexity index is 745. The predicted molar refractivity (Wildman–Crippen MR) is 86.2 cm³/mol. The maximum absolute atomic E-state index is 12.5. The summed E-state index contributed by atoms with van der Waals surface area (Å²) in [6, 6.07) is 13.1. The van der Waals surface area contributed by atoms with Crippen LogP contribution in [0.3, 0.4) is 0 Å². The lowest BCUT2D eigenvalue weighted by Crippen LogP contribution is -2.32. The minimum absolute atomic E-state index is 0.150. The molecular formula is C17H14ClNO4. The molecule has 2 aromatic rings. The summed E-state index contributed by atoms with van der Waals surface area (Å²) in [5.41, 5.74) is 0.717. The predicted octanol–water partition coefficient (Wildman–Crippen LogP) is 3.22. The first kappa shape index (κ1) is 15.4. The van der Waals surface area contributed by atoms with Crippen LogP contribution in [-0.4, -0.2) is 29.6 Å². The smallest absolute Gasteiger partial charge is 0.335 e. The van der Waals surface area contributed by atoms with E-state index in [0.29, 0.717) is 29.4 Å². The fourth-order valence-corrected chi connectivity index (χ4v) is 2.63. The molecule has 0 aromatic heterocycles. The standard InChI is InChI=1S/C17H14ClNO4/c18-12-4-6-14(7-5-12)23-15-8-9-19(16(15)20)13-3-1-2-11(10-13)17(21)22/h1-7,10,15H,8-9H2,(H,21,22). The van der Waals surface area contributed by atoms with E-state index in [0.717, 1.165) is 0 Å². The molecule has 118 valence electrons. The van der Waals surface area contributed by atoms with E-state index in [1.54, 1.807) is 41.3 Å². The normalized spacial score (nSPS) is 17.3. The topological polar surface area (TPSA) is 66.8 Å². The van der Waals surface area contributed by atoms with Crippen molar-refractivity contribution < 1.29 is 19.4 Å². The number of carboxylic acids is 1. The number of ether oxygens (including phenoxy) is 1. The van der Waals surface area contributed by atoms with Gasteiger partial charge in [-0.25, -0.2) is 4.79 Å². The zero-order valence-electron chi connectivity index (χ0n) is 12.1. The van der Waals surface area contributed by atoms with Crippen molar-refractivity contribution in [3.63, 3.8) is 0 Å². The zero-order valence-corrected chi connectivity index (χ0v) is 12.9. The quantitative estimate of drug-likeness (QED) is 0.934. The maximum Gasteiger partial charge on any atom is 0.335 e. The Morgan fingerprint density at radius 2 is 1.96 bits per heavy atom. The van der Waals surface area contributed by atoms with Crippen LogP contribution in [0.5, 0.6) is 5.75 Å². The first-order chi connectivity index (χ1) is 11.0. The first-order valence-corrected chi connectivity index (χ1v) is 7.49. The van der Waals surface area contributed by atoms with Gasteiger partial charge >= 0.3 is 5.97 Å². The maximum atomic E-state index is 12.5. The van der Waals surface area contributed by atoms with E-state index in [1.165, 1.54) is 12.1 Å². The molecule has 1 aliphatic heterocycles. The van der Waals surface area contributed by atoms with Gasteiger partial charge < -0.3 is 14.7 Å². The summed E-state index contributed by atoms with van der Waals surface area (Å²) >= 11 is 5.82. The van der Waals surface area contributed by atoms with Crippen LogP contribution >= 0.6 is 11.6 Å². The van der Waals surface area contributed by atoms with Crippen molar-refractivity contribution in [3.05, 3.63) is 59.1 Å². The van der Waals surface area contributed by atoms with Crippen molar-refractivity contribution in [2.45, 2.75) is 12.5 Å².